The van der Waals surface area contributed by atoms with Crippen LogP contribution < -0.4 is 21.9 Å². The molecule has 4 aliphatic rings. The number of aromatic nitrogens is 2. The average Bonchev–Trinajstić information content (AvgIpc) is 4.02. The molecular formula is C46H60N4O16. The van der Waals surface area contributed by atoms with Gasteiger partial charge in [0, 0.05) is 18.8 Å². The van der Waals surface area contributed by atoms with E-state index in [4.69, 9.17) is 52.1 Å². The number of alkyl carbamates (subject to hydrolysis) is 2. The number of carbonyl (C=O) groups is 3. The summed E-state index contributed by atoms with van der Waals surface area (Å²) in [6, 6.07) is 17.7. The van der Waals surface area contributed by atoms with Gasteiger partial charge in [-0.2, -0.15) is 0 Å². The van der Waals surface area contributed by atoms with Crippen molar-refractivity contribution in [2.24, 2.45) is 0 Å². The molecule has 2 amide bonds. The summed E-state index contributed by atoms with van der Waals surface area (Å²) in [7, 11) is 1.14. The fourth-order valence-corrected chi connectivity index (χ4v) is 8.40. The molecule has 10 atom stereocenters. The molecule has 0 radical (unpaired) electrons. The Kier molecular flexibility index (Phi) is 15.0. The van der Waals surface area contributed by atoms with Gasteiger partial charge in [0.2, 0.25) is 0 Å². The Labute approximate surface area is 381 Å². The van der Waals surface area contributed by atoms with Crippen molar-refractivity contribution in [2.75, 3.05) is 13.7 Å². The summed E-state index contributed by atoms with van der Waals surface area (Å²) in [4.78, 5) is 67.8. The zero-order valence-corrected chi connectivity index (χ0v) is 38.4. The number of nitrogens with one attached hydrogen (secondary N) is 2. The Balaban J connectivity index is 1.23. The zero-order valence-electron chi connectivity index (χ0n) is 38.4. The van der Waals surface area contributed by atoms with E-state index in [0.717, 1.165) is 17.2 Å². The second kappa shape index (κ2) is 20.4. The first-order valence-corrected chi connectivity index (χ1v) is 22.1. The number of rotatable bonds is 17. The van der Waals surface area contributed by atoms with Crippen molar-refractivity contribution in [3.05, 3.63) is 105 Å². The number of hydrogen-bond donors (Lipinski definition) is 2. The fraction of sp³-hybridized carbons (Fsp3) is 0.587. The molecule has 5 heterocycles. The van der Waals surface area contributed by atoms with Crippen LogP contribution in [0.4, 0.5) is 9.59 Å². The van der Waals surface area contributed by atoms with Crippen LogP contribution in [0.1, 0.15) is 78.7 Å². The number of carbonyl (C=O) groups excluding carboxylic acids is 3. The minimum absolute atomic E-state index is 0.0799. The lowest BCUT2D eigenvalue weighted by Gasteiger charge is -2.36. The molecule has 0 unspecified atom stereocenters. The van der Waals surface area contributed by atoms with Crippen LogP contribution in [-0.4, -0.2) is 113 Å². The topological polar surface area (TPSA) is 221 Å². The quantitative estimate of drug-likeness (QED) is 0.144. The molecule has 0 saturated carbocycles. The van der Waals surface area contributed by atoms with Crippen LogP contribution in [0.2, 0.25) is 0 Å². The highest BCUT2D eigenvalue weighted by Crippen LogP contribution is 2.47. The number of ether oxygens (including phenoxy) is 11. The van der Waals surface area contributed by atoms with Gasteiger partial charge in [0.1, 0.15) is 61.7 Å². The van der Waals surface area contributed by atoms with Crippen LogP contribution in [0.5, 0.6) is 0 Å². The molecule has 0 bridgehead atoms. The predicted molar refractivity (Wildman–Crippen MR) is 230 cm³/mol. The molecule has 0 spiro atoms. The van der Waals surface area contributed by atoms with Crippen LogP contribution in [0.15, 0.2) is 82.5 Å². The largest absolute Gasteiger partial charge is 0.467 e. The molecule has 1 aromatic heterocycles. The van der Waals surface area contributed by atoms with E-state index >= 15 is 0 Å². The molecule has 0 aliphatic carbocycles. The van der Waals surface area contributed by atoms with Gasteiger partial charge in [-0.3, -0.25) is 9.36 Å². The molecule has 4 saturated heterocycles. The maximum absolute atomic E-state index is 14.2. The van der Waals surface area contributed by atoms with Crippen molar-refractivity contribution in [1.29, 1.82) is 0 Å². The smallest absolute Gasteiger partial charge is 0.408 e. The summed E-state index contributed by atoms with van der Waals surface area (Å²) in [6.45, 7) is 11.9. The molecule has 7 rings (SSSR count). The van der Waals surface area contributed by atoms with Crippen LogP contribution in [-0.2, 0) is 76.8 Å². The summed E-state index contributed by atoms with van der Waals surface area (Å²) in [5.41, 5.74) is -0.666. The summed E-state index contributed by atoms with van der Waals surface area (Å²) >= 11 is 0. The van der Waals surface area contributed by atoms with Crippen molar-refractivity contribution >= 4 is 18.2 Å². The van der Waals surface area contributed by atoms with Gasteiger partial charge in [-0.1, -0.05) is 74.5 Å². The van der Waals surface area contributed by atoms with E-state index in [1.807, 2.05) is 50.2 Å². The molecule has 4 aliphatic heterocycles. The lowest BCUT2D eigenvalue weighted by Crippen LogP contribution is -2.58. The van der Waals surface area contributed by atoms with Gasteiger partial charge in [0.15, 0.2) is 30.1 Å². The number of nitrogens with zero attached hydrogens (tertiary/aromatic N) is 2. The Morgan fingerprint density at radius 1 is 0.803 bits per heavy atom. The van der Waals surface area contributed by atoms with Crippen LogP contribution in [0.25, 0.3) is 0 Å². The first kappa shape index (κ1) is 48.7. The van der Waals surface area contributed by atoms with E-state index in [0.29, 0.717) is 18.4 Å². The van der Waals surface area contributed by atoms with E-state index in [1.165, 1.54) is 16.8 Å². The lowest BCUT2D eigenvalue weighted by atomic mass is 9.99. The van der Waals surface area contributed by atoms with Crippen molar-refractivity contribution < 1.29 is 66.5 Å². The number of hydrogen-bond acceptors (Lipinski definition) is 16. The normalized spacial score (nSPS) is 27.0. The minimum Gasteiger partial charge on any atom is -0.467 e. The van der Waals surface area contributed by atoms with Crippen molar-refractivity contribution in [1.82, 2.24) is 19.8 Å². The maximum atomic E-state index is 14.2. The number of benzene rings is 2. The SMILES string of the molecule is CCC1(CC)O[C@H]2[C@H](O[C@H]([C@H]3O[C@@H](n4ccc(=O)n(COCc5ccccc5)c4=O)[C@@H]4OC(C)(C)O[C@H]34)[C@H](NC(=O)OCc3ccccc3)C(=O)OC)O[C@H](CNC(=O)OC(C)(C)C)[C@H]2O1. The number of amides is 2. The van der Waals surface area contributed by atoms with E-state index < -0.39 is 108 Å². The third-order valence-electron chi connectivity index (χ3n) is 11.5. The Bertz CT molecular complexity index is 2260. The van der Waals surface area contributed by atoms with Crippen LogP contribution >= 0.6 is 0 Å². The molecule has 20 heteroatoms. The number of esters is 1. The van der Waals surface area contributed by atoms with Crippen LogP contribution in [0.3, 0.4) is 0 Å². The molecule has 4 fully saturated rings. The van der Waals surface area contributed by atoms with E-state index in [2.05, 4.69) is 10.6 Å². The highest BCUT2D eigenvalue weighted by Gasteiger charge is 2.63. The molecule has 2 N–H and O–H groups in total. The minimum atomic E-state index is -1.68. The van der Waals surface area contributed by atoms with Crippen molar-refractivity contribution in [2.45, 2.75) is 160 Å². The Morgan fingerprint density at radius 3 is 2.08 bits per heavy atom. The Morgan fingerprint density at radius 2 is 1.44 bits per heavy atom. The van der Waals surface area contributed by atoms with E-state index in [1.54, 1.807) is 58.9 Å². The fourth-order valence-electron chi connectivity index (χ4n) is 8.40. The van der Waals surface area contributed by atoms with Gasteiger partial charge in [-0.25, -0.2) is 23.7 Å². The molecule has 2 aromatic carbocycles. The third-order valence-corrected chi connectivity index (χ3v) is 11.5. The second-order valence-electron chi connectivity index (χ2n) is 17.8. The lowest BCUT2D eigenvalue weighted by molar-refractivity contribution is -0.275. The van der Waals surface area contributed by atoms with E-state index in [-0.39, 0.29) is 26.5 Å². The predicted octanol–water partition coefficient (Wildman–Crippen LogP) is 4.00. The third kappa shape index (κ3) is 11.1. The molecule has 66 heavy (non-hydrogen) atoms. The monoisotopic (exact) mass is 924 g/mol. The number of methoxy groups -OCH3 is 1. The molecule has 20 nitrogen and oxygen atoms in total. The highest BCUT2D eigenvalue weighted by atomic mass is 16.8. The van der Waals surface area contributed by atoms with Gasteiger partial charge < -0.3 is 62.7 Å². The van der Waals surface area contributed by atoms with Gasteiger partial charge in [-0.15, -0.1) is 0 Å². The van der Waals surface area contributed by atoms with Crippen molar-refractivity contribution in [3.8, 4) is 0 Å². The first-order chi connectivity index (χ1) is 31.4. The van der Waals surface area contributed by atoms with Gasteiger partial charge in [-0.05, 0) is 58.6 Å². The molecule has 360 valence electrons. The first-order valence-electron chi connectivity index (χ1n) is 22.1. The summed E-state index contributed by atoms with van der Waals surface area (Å²) in [5, 5.41) is 5.35. The Hall–Kier alpha value is -5.19. The summed E-state index contributed by atoms with van der Waals surface area (Å²) in [6.07, 6.45) is -9.74. The highest BCUT2D eigenvalue weighted by molar-refractivity contribution is 5.82. The van der Waals surface area contributed by atoms with Gasteiger partial charge in [0.25, 0.3) is 5.56 Å². The maximum Gasteiger partial charge on any atom is 0.408 e. The van der Waals surface area contributed by atoms with E-state index in [9.17, 15) is 24.0 Å². The summed E-state index contributed by atoms with van der Waals surface area (Å²) < 4.78 is 70.1. The number of fused-ring (bicyclic) bond motifs is 2. The van der Waals surface area contributed by atoms with Gasteiger partial charge in [0.05, 0.1) is 13.7 Å². The molecular weight excluding hydrogens is 865 g/mol. The van der Waals surface area contributed by atoms with Crippen LogP contribution in [0, 0.1) is 0 Å². The zero-order chi connectivity index (χ0) is 47.4. The molecule has 3 aromatic rings. The standard InChI is InChI=1S/C46H60N4O16/c1-9-46(10-2)64-32-29(23-47-41(53)66-44(3,4)5)59-40(37(32)65-46)61-33(31(39(52)56-8)48-42(54)58-25-28-19-15-12-16-20-28)34-35-36(63-45(6,7)62-35)38(60-34)49-22-21-30(51)50(43(49)55)26-57-24-27-17-13-11-14-18-27/h11-22,29,31-38,40H,9-10,23-26H2,1-8H3,(H,47,53)(H,48,54)/t29-,31+,32-,33+,34-,35-,36-,37-,38-,40+/m1/s1. The van der Waals surface area contributed by atoms with Crippen molar-refractivity contribution in [3.63, 3.8) is 0 Å². The van der Waals surface area contributed by atoms with Gasteiger partial charge >= 0.3 is 23.8 Å². The second-order valence-corrected chi connectivity index (χ2v) is 17.8. The average molecular weight is 925 g/mol. The summed E-state index contributed by atoms with van der Waals surface area (Å²) in [5.74, 6) is -3.28.